The summed E-state index contributed by atoms with van der Waals surface area (Å²) in [6.07, 6.45) is 1.49. The number of rotatable bonds is 6. The lowest BCUT2D eigenvalue weighted by molar-refractivity contribution is -0.132. The van der Waals surface area contributed by atoms with Crippen LogP contribution in [0.4, 0.5) is 4.79 Å². The number of amides is 2. The van der Waals surface area contributed by atoms with E-state index in [-0.39, 0.29) is 24.6 Å². The van der Waals surface area contributed by atoms with Gasteiger partial charge in [-0.05, 0) is 32.3 Å². The Bertz CT molecular complexity index is 548. The second-order valence-electron chi connectivity index (χ2n) is 6.20. The molecule has 0 bridgehead atoms. The van der Waals surface area contributed by atoms with Crippen molar-refractivity contribution < 1.29 is 14.3 Å². The van der Waals surface area contributed by atoms with Gasteiger partial charge in [0.05, 0.1) is 12.1 Å². The van der Waals surface area contributed by atoms with Crippen molar-refractivity contribution in [1.29, 1.82) is 0 Å². The van der Waals surface area contributed by atoms with E-state index < -0.39 is 6.04 Å². The summed E-state index contributed by atoms with van der Waals surface area (Å²) in [7, 11) is 0. The molecule has 1 fully saturated rings. The summed E-state index contributed by atoms with van der Waals surface area (Å²) in [6, 6.07) is 9.09. The first-order valence-electron chi connectivity index (χ1n) is 8.54. The predicted molar refractivity (Wildman–Crippen MR) is 92.3 cm³/mol. The van der Waals surface area contributed by atoms with Gasteiger partial charge < -0.3 is 20.3 Å². The Morgan fingerprint density at radius 1 is 1.38 bits per heavy atom. The number of likely N-dealkylation sites (tertiary alicyclic amines) is 1. The molecule has 2 rings (SSSR count). The summed E-state index contributed by atoms with van der Waals surface area (Å²) >= 11 is 0. The van der Waals surface area contributed by atoms with Crippen LogP contribution in [0.2, 0.25) is 0 Å². The Labute approximate surface area is 143 Å². The van der Waals surface area contributed by atoms with Crippen LogP contribution in [0.5, 0.6) is 0 Å². The Hall–Kier alpha value is -2.08. The monoisotopic (exact) mass is 333 g/mol. The van der Waals surface area contributed by atoms with E-state index in [0.717, 1.165) is 18.4 Å². The topological polar surface area (TPSA) is 75.9 Å². The van der Waals surface area contributed by atoms with Gasteiger partial charge in [0.25, 0.3) is 0 Å². The first kappa shape index (κ1) is 18.3. The van der Waals surface area contributed by atoms with Gasteiger partial charge in [0.2, 0.25) is 5.91 Å². The molecule has 0 unspecified atom stereocenters. The maximum atomic E-state index is 12.4. The molecule has 24 heavy (non-hydrogen) atoms. The third-order valence-corrected chi connectivity index (χ3v) is 4.33. The quantitative estimate of drug-likeness (QED) is 0.864. The van der Waals surface area contributed by atoms with Crippen LogP contribution in [-0.2, 0) is 16.1 Å². The van der Waals surface area contributed by atoms with Gasteiger partial charge in [0.15, 0.2) is 0 Å². The van der Waals surface area contributed by atoms with Gasteiger partial charge in [-0.3, -0.25) is 4.79 Å². The second-order valence-corrected chi connectivity index (χ2v) is 6.20. The molecule has 1 aliphatic rings. The van der Waals surface area contributed by atoms with Gasteiger partial charge in [0.1, 0.15) is 6.61 Å². The van der Waals surface area contributed by atoms with Crippen LogP contribution in [0.25, 0.3) is 0 Å². The van der Waals surface area contributed by atoms with Crippen LogP contribution < -0.4 is 5.73 Å². The van der Waals surface area contributed by atoms with Gasteiger partial charge in [-0.15, -0.1) is 0 Å². The number of hydrogen-bond donors (Lipinski definition) is 1. The summed E-state index contributed by atoms with van der Waals surface area (Å²) in [5.74, 6) is -0.0815. The lowest BCUT2D eigenvalue weighted by Gasteiger charge is -2.30. The number of carbonyl (C=O) groups excluding carboxylic acids is 2. The summed E-state index contributed by atoms with van der Waals surface area (Å²) in [6.45, 7) is 5.64. The molecular weight excluding hydrogens is 306 g/mol. The number of nitrogens with zero attached hydrogens (tertiary/aromatic N) is 2. The number of carbonyl (C=O) groups is 2. The fourth-order valence-corrected chi connectivity index (χ4v) is 2.99. The zero-order valence-electron chi connectivity index (χ0n) is 14.5. The first-order valence-corrected chi connectivity index (χ1v) is 8.54. The van der Waals surface area contributed by atoms with Gasteiger partial charge in [-0.25, -0.2) is 4.79 Å². The van der Waals surface area contributed by atoms with Crippen LogP contribution in [0.3, 0.4) is 0 Å². The zero-order valence-corrected chi connectivity index (χ0v) is 14.5. The summed E-state index contributed by atoms with van der Waals surface area (Å²) < 4.78 is 5.42. The molecule has 1 saturated heterocycles. The highest BCUT2D eigenvalue weighted by Gasteiger charge is 2.32. The molecule has 0 spiro atoms. The second kappa shape index (κ2) is 8.68. The Kier molecular flexibility index (Phi) is 6.61. The van der Waals surface area contributed by atoms with Crippen molar-refractivity contribution in [3.63, 3.8) is 0 Å². The van der Waals surface area contributed by atoms with E-state index in [0.29, 0.717) is 19.6 Å². The molecule has 1 aromatic carbocycles. The molecular formula is C18H27N3O3. The molecule has 1 aromatic rings. The van der Waals surface area contributed by atoms with Crippen LogP contribution in [0.1, 0.15) is 32.3 Å². The van der Waals surface area contributed by atoms with Crippen molar-refractivity contribution in [3.8, 4) is 0 Å². The maximum Gasteiger partial charge on any atom is 0.410 e. The number of likely N-dealkylation sites (N-methyl/N-ethyl adjacent to an activating group) is 1. The Balaban J connectivity index is 1.91. The van der Waals surface area contributed by atoms with E-state index in [1.807, 2.05) is 37.3 Å². The lowest BCUT2D eigenvalue weighted by atomic mass is 10.2. The highest BCUT2D eigenvalue weighted by atomic mass is 16.6. The lowest BCUT2D eigenvalue weighted by Crippen LogP contribution is -2.49. The zero-order chi connectivity index (χ0) is 17.5. The molecule has 2 atom stereocenters. The maximum absolute atomic E-state index is 12.4. The fraction of sp³-hybridized carbons (Fsp3) is 0.556. The standard InChI is InChI=1S/C18H27N3O3/c1-3-20(17(22)14(2)19)12-16-10-7-11-21(16)18(23)24-13-15-8-5-4-6-9-15/h4-6,8-9,14,16H,3,7,10-13,19H2,1-2H3/t14-,16+/m0/s1. The van der Waals surface area contributed by atoms with E-state index in [9.17, 15) is 9.59 Å². The molecule has 2 amide bonds. The number of benzene rings is 1. The van der Waals surface area contributed by atoms with E-state index in [2.05, 4.69) is 0 Å². The average molecular weight is 333 g/mol. The van der Waals surface area contributed by atoms with E-state index >= 15 is 0 Å². The molecule has 0 aromatic heterocycles. The minimum absolute atomic E-state index is 0.00377. The third-order valence-electron chi connectivity index (χ3n) is 4.33. The summed E-state index contributed by atoms with van der Waals surface area (Å²) in [5.41, 5.74) is 6.66. The highest BCUT2D eigenvalue weighted by molar-refractivity contribution is 5.81. The van der Waals surface area contributed by atoms with Crippen molar-refractivity contribution in [3.05, 3.63) is 35.9 Å². The van der Waals surface area contributed by atoms with Crippen molar-refractivity contribution >= 4 is 12.0 Å². The number of hydrogen-bond acceptors (Lipinski definition) is 4. The Morgan fingerprint density at radius 2 is 2.08 bits per heavy atom. The molecule has 1 heterocycles. The fourth-order valence-electron chi connectivity index (χ4n) is 2.99. The molecule has 132 valence electrons. The van der Waals surface area contributed by atoms with Crippen molar-refractivity contribution in [2.24, 2.45) is 5.73 Å². The van der Waals surface area contributed by atoms with Crippen molar-refractivity contribution in [1.82, 2.24) is 9.80 Å². The van der Waals surface area contributed by atoms with Gasteiger partial charge >= 0.3 is 6.09 Å². The highest BCUT2D eigenvalue weighted by Crippen LogP contribution is 2.20. The molecule has 0 radical (unpaired) electrons. The molecule has 0 saturated carbocycles. The van der Waals surface area contributed by atoms with Crippen molar-refractivity contribution in [2.45, 2.75) is 45.4 Å². The third kappa shape index (κ3) is 4.71. The molecule has 2 N–H and O–H groups in total. The molecule has 1 aliphatic heterocycles. The van der Waals surface area contributed by atoms with Gasteiger partial charge in [-0.1, -0.05) is 30.3 Å². The van der Waals surface area contributed by atoms with E-state index in [1.54, 1.807) is 16.7 Å². The van der Waals surface area contributed by atoms with Crippen molar-refractivity contribution in [2.75, 3.05) is 19.6 Å². The SMILES string of the molecule is CCN(C[C@H]1CCCN1C(=O)OCc1ccccc1)C(=O)[C@H](C)N. The minimum Gasteiger partial charge on any atom is -0.445 e. The minimum atomic E-state index is -0.523. The van der Waals surface area contributed by atoms with Crippen LogP contribution >= 0.6 is 0 Å². The molecule has 6 nitrogen and oxygen atoms in total. The van der Waals surface area contributed by atoms with E-state index in [1.165, 1.54) is 0 Å². The smallest absolute Gasteiger partial charge is 0.410 e. The summed E-state index contributed by atoms with van der Waals surface area (Å²) in [5, 5.41) is 0. The molecule has 0 aliphatic carbocycles. The molecule has 6 heteroatoms. The van der Waals surface area contributed by atoms with Crippen LogP contribution in [-0.4, -0.2) is 53.5 Å². The first-order chi connectivity index (χ1) is 11.5. The predicted octanol–water partition coefficient (Wildman–Crippen LogP) is 1.98. The average Bonchev–Trinajstić information content (AvgIpc) is 3.06. The largest absolute Gasteiger partial charge is 0.445 e. The Morgan fingerprint density at radius 3 is 2.71 bits per heavy atom. The summed E-state index contributed by atoms with van der Waals surface area (Å²) in [4.78, 5) is 27.9. The van der Waals surface area contributed by atoms with E-state index in [4.69, 9.17) is 10.5 Å². The van der Waals surface area contributed by atoms with Gasteiger partial charge in [0, 0.05) is 19.6 Å². The van der Waals surface area contributed by atoms with Gasteiger partial charge in [-0.2, -0.15) is 0 Å². The van der Waals surface area contributed by atoms with Crippen LogP contribution in [0.15, 0.2) is 30.3 Å². The number of ether oxygens (including phenoxy) is 1. The normalized spacial score (nSPS) is 18.3. The number of nitrogens with two attached hydrogens (primary N) is 1. The van der Waals surface area contributed by atoms with Crippen LogP contribution in [0, 0.1) is 0 Å².